The van der Waals surface area contributed by atoms with E-state index in [1.807, 2.05) is 0 Å². The maximum absolute atomic E-state index is 12.8. The van der Waals surface area contributed by atoms with E-state index in [0.717, 1.165) is 12.8 Å². The normalized spacial score (nSPS) is 18.5. The lowest BCUT2D eigenvalue weighted by Gasteiger charge is -2.32. The highest BCUT2D eigenvalue weighted by atomic mass is 16.7. The Bertz CT molecular complexity index is 796. The number of likely N-dealkylation sites (tertiary alicyclic amines) is 1. The highest BCUT2D eigenvalue weighted by molar-refractivity contribution is 5.95. The number of carbonyl (C=O) groups is 1. The van der Waals surface area contributed by atoms with E-state index in [2.05, 4.69) is 10.2 Å². The minimum Gasteiger partial charge on any atom is -0.480 e. The Morgan fingerprint density at radius 1 is 1.15 bits per heavy atom. The summed E-state index contributed by atoms with van der Waals surface area (Å²) in [5.74, 6) is 2.08. The van der Waals surface area contributed by atoms with Gasteiger partial charge in [-0.1, -0.05) is 0 Å². The molecule has 2 aliphatic rings. The van der Waals surface area contributed by atoms with Gasteiger partial charge in [0, 0.05) is 24.2 Å². The van der Waals surface area contributed by atoms with Gasteiger partial charge in [0.05, 0.1) is 13.7 Å². The van der Waals surface area contributed by atoms with Crippen LogP contribution in [-0.2, 0) is 0 Å². The highest BCUT2D eigenvalue weighted by Crippen LogP contribution is 2.33. The molecule has 0 bridgehead atoms. The first-order valence-corrected chi connectivity index (χ1v) is 8.46. The molecule has 0 radical (unpaired) electrons. The van der Waals surface area contributed by atoms with Gasteiger partial charge in [0.15, 0.2) is 11.5 Å². The summed E-state index contributed by atoms with van der Waals surface area (Å²) >= 11 is 0. The van der Waals surface area contributed by atoms with Crippen molar-refractivity contribution < 1.29 is 23.7 Å². The summed E-state index contributed by atoms with van der Waals surface area (Å²) in [6.07, 6.45) is 1.60. The second kappa shape index (κ2) is 7.07. The lowest BCUT2D eigenvalue weighted by molar-refractivity contribution is 0.0525. The van der Waals surface area contributed by atoms with Crippen LogP contribution < -0.4 is 18.9 Å². The third-order valence-electron chi connectivity index (χ3n) is 4.40. The zero-order valence-electron chi connectivity index (χ0n) is 14.4. The lowest BCUT2D eigenvalue weighted by atomic mass is 10.1. The SMILES string of the molecule is COc1ccc(OC2CCCN(C(=O)c3ccc4c(c3)OCO4)C2)nn1. The van der Waals surface area contributed by atoms with Gasteiger partial charge in [0.25, 0.3) is 5.91 Å². The number of piperidine rings is 1. The monoisotopic (exact) mass is 357 g/mol. The maximum atomic E-state index is 12.8. The zero-order chi connectivity index (χ0) is 17.9. The fraction of sp³-hybridized carbons (Fsp3) is 0.389. The number of rotatable bonds is 4. The zero-order valence-corrected chi connectivity index (χ0v) is 14.4. The molecule has 2 aliphatic heterocycles. The molecule has 1 fully saturated rings. The first-order chi connectivity index (χ1) is 12.7. The van der Waals surface area contributed by atoms with Crippen molar-refractivity contribution in [1.82, 2.24) is 15.1 Å². The summed E-state index contributed by atoms with van der Waals surface area (Å²) in [7, 11) is 1.53. The van der Waals surface area contributed by atoms with Gasteiger partial charge in [-0.25, -0.2) is 0 Å². The Morgan fingerprint density at radius 3 is 2.77 bits per heavy atom. The third-order valence-corrected chi connectivity index (χ3v) is 4.40. The number of nitrogens with zero attached hydrogens (tertiary/aromatic N) is 3. The van der Waals surface area contributed by atoms with Crippen molar-refractivity contribution >= 4 is 5.91 Å². The Kier molecular flexibility index (Phi) is 4.47. The van der Waals surface area contributed by atoms with E-state index in [0.29, 0.717) is 41.9 Å². The molecule has 1 atom stereocenters. The minimum absolute atomic E-state index is 0.0441. The number of hydrogen-bond acceptors (Lipinski definition) is 7. The van der Waals surface area contributed by atoms with Crippen LogP contribution in [0.5, 0.6) is 23.3 Å². The first kappa shape index (κ1) is 16.4. The molecule has 2 aromatic rings. The van der Waals surface area contributed by atoms with Crippen LogP contribution in [0.1, 0.15) is 23.2 Å². The molecule has 1 saturated heterocycles. The summed E-state index contributed by atoms with van der Waals surface area (Å²) < 4.78 is 21.5. The molecule has 1 aromatic heterocycles. The molecular formula is C18H19N3O5. The van der Waals surface area contributed by atoms with E-state index in [1.165, 1.54) is 7.11 Å². The van der Waals surface area contributed by atoms with E-state index in [4.69, 9.17) is 18.9 Å². The molecule has 26 heavy (non-hydrogen) atoms. The molecule has 0 N–H and O–H groups in total. The van der Waals surface area contributed by atoms with E-state index in [9.17, 15) is 4.79 Å². The van der Waals surface area contributed by atoms with Crippen molar-refractivity contribution in [2.75, 3.05) is 27.0 Å². The van der Waals surface area contributed by atoms with Crippen LogP contribution in [0.4, 0.5) is 0 Å². The van der Waals surface area contributed by atoms with Gasteiger partial charge in [0.1, 0.15) is 6.10 Å². The number of fused-ring (bicyclic) bond motifs is 1. The molecular weight excluding hydrogens is 338 g/mol. The Morgan fingerprint density at radius 2 is 1.96 bits per heavy atom. The molecule has 0 aliphatic carbocycles. The van der Waals surface area contributed by atoms with Gasteiger partial charge >= 0.3 is 0 Å². The number of hydrogen-bond donors (Lipinski definition) is 0. The maximum Gasteiger partial charge on any atom is 0.254 e. The van der Waals surface area contributed by atoms with Gasteiger partial charge in [-0.15, -0.1) is 10.2 Å². The predicted octanol–water partition coefficient (Wildman–Crippen LogP) is 1.90. The van der Waals surface area contributed by atoms with Crippen LogP contribution in [0, 0.1) is 0 Å². The van der Waals surface area contributed by atoms with Crippen molar-refractivity contribution in [1.29, 1.82) is 0 Å². The van der Waals surface area contributed by atoms with Crippen LogP contribution >= 0.6 is 0 Å². The van der Waals surface area contributed by atoms with Crippen molar-refractivity contribution in [3.63, 3.8) is 0 Å². The number of amides is 1. The highest BCUT2D eigenvalue weighted by Gasteiger charge is 2.27. The number of carbonyl (C=O) groups excluding carboxylic acids is 1. The standard InChI is InChI=1S/C18H19N3O5/c1-23-16-6-7-17(20-19-16)26-13-3-2-8-21(10-13)18(22)12-4-5-14-15(9-12)25-11-24-14/h4-7,9,13H,2-3,8,10-11H2,1H3. The first-order valence-electron chi connectivity index (χ1n) is 8.46. The Labute approximate surface area is 150 Å². The van der Waals surface area contributed by atoms with Crippen molar-refractivity contribution in [2.45, 2.75) is 18.9 Å². The molecule has 1 aromatic carbocycles. The van der Waals surface area contributed by atoms with E-state index in [-0.39, 0.29) is 18.8 Å². The summed E-state index contributed by atoms with van der Waals surface area (Å²) in [5, 5.41) is 7.87. The lowest BCUT2D eigenvalue weighted by Crippen LogP contribution is -2.44. The molecule has 8 heteroatoms. The minimum atomic E-state index is -0.121. The summed E-state index contributed by atoms with van der Waals surface area (Å²) in [4.78, 5) is 14.6. The van der Waals surface area contributed by atoms with Gasteiger partial charge in [0.2, 0.25) is 18.6 Å². The molecule has 8 nitrogen and oxygen atoms in total. The van der Waals surface area contributed by atoms with Crippen LogP contribution in [0.2, 0.25) is 0 Å². The molecule has 0 saturated carbocycles. The average Bonchev–Trinajstić information content (AvgIpc) is 3.16. The number of methoxy groups -OCH3 is 1. The topological polar surface area (TPSA) is 83.0 Å². The fourth-order valence-electron chi connectivity index (χ4n) is 3.08. The van der Waals surface area contributed by atoms with Crippen molar-refractivity contribution in [2.24, 2.45) is 0 Å². The second-order valence-electron chi connectivity index (χ2n) is 6.12. The molecule has 4 rings (SSSR count). The van der Waals surface area contributed by atoms with Crippen LogP contribution in [0.3, 0.4) is 0 Å². The molecule has 1 amide bonds. The number of benzene rings is 1. The molecule has 0 spiro atoms. The second-order valence-corrected chi connectivity index (χ2v) is 6.12. The quantitative estimate of drug-likeness (QED) is 0.826. The number of aromatic nitrogens is 2. The summed E-state index contributed by atoms with van der Waals surface area (Å²) in [6, 6.07) is 8.66. The Hall–Kier alpha value is -3.03. The van der Waals surface area contributed by atoms with Crippen molar-refractivity contribution in [3.05, 3.63) is 35.9 Å². The van der Waals surface area contributed by atoms with Crippen LogP contribution in [0.25, 0.3) is 0 Å². The molecule has 136 valence electrons. The van der Waals surface area contributed by atoms with E-state index >= 15 is 0 Å². The summed E-state index contributed by atoms with van der Waals surface area (Å²) in [6.45, 7) is 1.39. The summed E-state index contributed by atoms with van der Waals surface area (Å²) in [5.41, 5.74) is 0.583. The molecule has 3 heterocycles. The largest absolute Gasteiger partial charge is 0.480 e. The molecule has 1 unspecified atom stereocenters. The Balaban J connectivity index is 1.41. The third kappa shape index (κ3) is 3.35. The van der Waals surface area contributed by atoms with Gasteiger partial charge in [-0.3, -0.25) is 4.79 Å². The predicted molar refractivity (Wildman–Crippen MR) is 90.7 cm³/mol. The van der Waals surface area contributed by atoms with E-state index in [1.54, 1.807) is 35.2 Å². The van der Waals surface area contributed by atoms with E-state index < -0.39 is 0 Å². The van der Waals surface area contributed by atoms with Crippen LogP contribution in [0.15, 0.2) is 30.3 Å². The van der Waals surface area contributed by atoms with Crippen molar-refractivity contribution in [3.8, 4) is 23.3 Å². The van der Waals surface area contributed by atoms with Gasteiger partial charge < -0.3 is 23.8 Å². The van der Waals surface area contributed by atoms with Crippen LogP contribution in [-0.4, -0.2) is 54.1 Å². The smallest absolute Gasteiger partial charge is 0.254 e. The van der Waals surface area contributed by atoms with Gasteiger partial charge in [-0.05, 0) is 31.0 Å². The van der Waals surface area contributed by atoms with Gasteiger partial charge in [-0.2, -0.15) is 0 Å². The average molecular weight is 357 g/mol. The number of ether oxygens (including phenoxy) is 4. The fourth-order valence-corrected chi connectivity index (χ4v) is 3.08.